The molecule has 0 radical (unpaired) electrons. The minimum atomic E-state index is -0.0421. The van der Waals surface area contributed by atoms with Crippen LogP contribution >= 0.6 is 23.2 Å². The van der Waals surface area contributed by atoms with Gasteiger partial charge in [-0.2, -0.15) is 0 Å². The Morgan fingerprint density at radius 3 is 2.30 bits per heavy atom. The van der Waals surface area contributed by atoms with E-state index in [0.717, 1.165) is 42.3 Å². The van der Waals surface area contributed by atoms with Crippen molar-refractivity contribution >= 4 is 29.2 Å². The molecule has 3 nitrogen and oxygen atoms in total. The molecule has 2 aromatic carbocycles. The Kier molecular flexibility index (Phi) is 5.60. The molecular formula is C22H24Cl2N2O. The molecule has 0 saturated heterocycles. The van der Waals surface area contributed by atoms with Gasteiger partial charge < -0.3 is 10.6 Å². The van der Waals surface area contributed by atoms with Crippen molar-refractivity contribution in [2.75, 3.05) is 6.54 Å². The minimum absolute atomic E-state index is 0.0421. The summed E-state index contributed by atoms with van der Waals surface area (Å²) in [6.45, 7) is 0.750. The number of halogens is 2. The van der Waals surface area contributed by atoms with Crippen molar-refractivity contribution < 1.29 is 4.79 Å². The molecule has 2 amide bonds. The molecule has 2 aromatic rings. The van der Waals surface area contributed by atoms with Crippen molar-refractivity contribution in [2.45, 2.75) is 43.6 Å². The van der Waals surface area contributed by atoms with Gasteiger partial charge in [-0.15, -0.1) is 0 Å². The van der Waals surface area contributed by atoms with Crippen LogP contribution in [0.25, 0.3) is 0 Å². The lowest BCUT2D eigenvalue weighted by molar-refractivity contribution is 0.211. The lowest BCUT2D eigenvalue weighted by Crippen LogP contribution is -2.49. The van der Waals surface area contributed by atoms with Crippen LogP contribution in [-0.4, -0.2) is 18.6 Å². The van der Waals surface area contributed by atoms with Crippen LogP contribution in [0.3, 0.4) is 0 Å². The second-order valence-corrected chi connectivity index (χ2v) is 8.73. The van der Waals surface area contributed by atoms with Crippen LogP contribution in [0.2, 0.25) is 10.0 Å². The van der Waals surface area contributed by atoms with E-state index in [1.54, 1.807) is 0 Å². The lowest BCUT2D eigenvalue weighted by Gasteiger charge is -2.38. The Bertz CT molecular complexity index is 796. The van der Waals surface area contributed by atoms with E-state index < -0.39 is 0 Å². The quantitative estimate of drug-likeness (QED) is 0.658. The third-order valence-electron chi connectivity index (χ3n) is 5.92. The van der Waals surface area contributed by atoms with Gasteiger partial charge in [0.05, 0.1) is 0 Å². The summed E-state index contributed by atoms with van der Waals surface area (Å²) in [6, 6.07) is 16.3. The Morgan fingerprint density at radius 1 is 0.889 bits per heavy atom. The van der Waals surface area contributed by atoms with E-state index in [9.17, 15) is 4.79 Å². The van der Waals surface area contributed by atoms with Crippen LogP contribution in [0, 0.1) is 5.92 Å². The fraction of sp³-hybridized carbons (Fsp3) is 0.409. The van der Waals surface area contributed by atoms with Crippen LogP contribution in [0.5, 0.6) is 0 Å². The first kappa shape index (κ1) is 18.6. The molecule has 2 N–H and O–H groups in total. The molecule has 2 fully saturated rings. The molecule has 2 aliphatic carbocycles. The van der Waals surface area contributed by atoms with Gasteiger partial charge in [-0.1, -0.05) is 47.5 Å². The smallest absolute Gasteiger partial charge is 0.315 e. The van der Waals surface area contributed by atoms with E-state index in [-0.39, 0.29) is 12.1 Å². The van der Waals surface area contributed by atoms with Crippen LogP contribution in [0.15, 0.2) is 48.5 Å². The first-order chi connectivity index (χ1) is 13.1. The number of carbonyl (C=O) groups is 1. The van der Waals surface area contributed by atoms with E-state index in [1.165, 1.54) is 11.1 Å². The Labute approximate surface area is 170 Å². The van der Waals surface area contributed by atoms with Gasteiger partial charge in [0.2, 0.25) is 0 Å². The highest BCUT2D eigenvalue weighted by molar-refractivity contribution is 6.30. The summed E-state index contributed by atoms with van der Waals surface area (Å²) in [6.07, 6.45) is 4.22. The molecule has 27 heavy (non-hydrogen) atoms. The fourth-order valence-electron chi connectivity index (χ4n) is 4.15. The van der Waals surface area contributed by atoms with Crippen LogP contribution in [0.4, 0.5) is 4.79 Å². The number of hydrogen-bond acceptors (Lipinski definition) is 1. The molecule has 142 valence electrons. The number of nitrogens with one attached hydrogen (secondary N) is 2. The Balaban J connectivity index is 1.13. The molecule has 4 rings (SSSR count). The first-order valence-electron chi connectivity index (χ1n) is 9.62. The van der Waals surface area contributed by atoms with Crippen LogP contribution in [0.1, 0.15) is 48.6 Å². The maximum Gasteiger partial charge on any atom is 0.315 e. The Hall–Kier alpha value is -1.71. The molecule has 0 heterocycles. The van der Waals surface area contributed by atoms with Crippen molar-refractivity contribution in [3.63, 3.8) is 0 Å². The summed E-state index contributed by atoms with van der Waals surface area (Å²) < 4.78 is 0. The monoisotopic (exact) mass is 402 g/mol. The van der Waals surface area contributed by atoms with Gasteiger partial charge in [0.15, 0.2) is 0 Å². The number of carbonyl (C=O) groups excluding carboxylic acids is 1. The molecule has 0 aromatic heterocycles. The minimum Gasteiger partial charge on any atom is -0.338 e. The topological polar surface area (TPSA) is 41.1 Å². The van der Waals surface area contributed by atoms with E-state index in [1.807, 2.05) is 30.3 Å². The van der Waals surface area contributed by atoms with E-state index in [0.29, 0.717) is 17.8 Å². The number of benzene rings is 2. The van der Waals surface area contributed by atoms with Gasteiger partial charge in [0, 0.05) is 22.6 Å². The van der Waals surface area contributed by atoms with Gasteiger partial charge in [-0.25, -0.2) is 4.79 Å². The van der Waals surface area contributed by atoms with E-state index in [2.05, 4.69) is 28.8 Å². The molecule has 0 atom stereocenters. The highest BCUT2D eigenvalue weighted by Crippen LogP contribution is 2.41. The van der Waals surface area contributed by atoms with E-state index >= 15 is 0 Å². The average molecular weight is 403 g/mol. The highest BCUT2D eigenvalue weighted by atomic mass is 35.5. The van der Waals surface area contributed by atoms with Crippen molar-refractivity contribution in [3.8, 4) is 0 Å². The number of hydrogen-bond donors (Lipinski definition) is 2. The summed E-state index contributed by atoms with van der Waals surface area (Å²) in [7, 11) is 0. The average Bonchev–Trinajstić information content (AvgIpc) is 2.58. The molecule has 0 aliphatic heterocycles. The summed E-state index contributed by atoms with van der Waals surface area (Å²) in [4.78, 5) is 12.1. The molecule has 5 heteroatoms. The largest absolute Gasteiger partial charge is 0.338 e. The van der Waals surface area contributed by atoms with Crippen molar-refractivity contribution in [2.24, 2.45) is 5.92 Å². The second-order valence-electron chi connectivity index (χ2n) is 7.86. The van der Waals surface area contributed by atoms with Crippen molar-refractivity contribution in [3.05, 3.63) is 69.7 Å². The standard InChI is InChI=1S/C22H24Cl2N2O/c23-19-6-4-15(5-7-19)17-8-14(9-17)13-25-22(27)26-21-11-18(12-21)16-2-1-3-20(24)10-16/h1-7,10,14,17-18,21H,8-9,11-13H2,(H2,25,26,27). The third-order valence-corrected chi connectivity index (χ3v) is 6.41. The second kappa shape index (κ2) is 8.12. The normalized spacial score (nSPS) is 26.6. The molecule has 0 spiro atoms. The zero-order valence-electron chi connectivity index (χ0n) is 15.1. The van der Waals surface area contributed by atoms with Crippen molar-refractivity contribution in [1.29, 1.82) is 0 Å². The van der Waals surface area contributed by atoms with E-state index in [4.69, 9.17) is 23.2 Å². The lowest BCUT2D eigenvalue weighted by atomic mass is 9.71. The van der Waals surface area contributed by atoms with Crippen LogP contribution in [-0.2, 0) is 0 Å². The molecule has 2 saturated carbocycles. The molecule has 2 aliphatic rings. The predicted octanol–water partition coefficient (Wildman–Crippen LogP) is 5.73. The van der Waals surface area contributed by atoms with Crippen molar-refractivity contribution in [1.82, 2.24) is 10.6 Å². The van der Waals surface area contributed by atoms with Gasteiger partial charge >= 0.3 is 6.03 Å². The van der Waals surface area contributed by atoms with Gasteiger partial charge in [0.1, 0.15) is 0 Å². The summed E-state index contributed by atoms with van der Waals surface area (Å²) >= 11 is 12.0. The SMILES string of the molecule is O=C(NCC1CC(c2ccc(Cl)cc2)C1)NC1CC(c2cccc(Cl)c2)C1. The Morgan fingerprint density at radius 2 is 1.59 bits per heavy atom. The van der Waals surface area contributed by atoms with Crippen LogP contribution < -0.4 is 10.6 Å². The van der Waals surface area contributed by atoms with Gasteiger partial charge in [0.25, 0.3) is 0 Å². The number of amides is 2. The zero-order chi connectivity index (χ0) is 18.8. The summed E-state index contributed by atoms with van der Waals surface area (Å²) in [5, 5.41) is 7.68. The maximum absolute atomic E-state index is 12.1. The zero-order valence-corrected chi connectivity index (χ0v) is 16.6. The van der Waals surface area contributed by atoms with Gasteiger partial charge in [-0.05, 0) is 78.8 Å². The molecule has 0 unspecified atom stereocenters. The number of rotatable bonds is 5. The predicted molar refractivity (Wildman–Crippen MR) is 111 cm³/mol. The molecule has 0 bridgehead atoms. The molecular weight excluding hydrogens is 379 g/mol. The highest BCUT2D eigenvalue weighted by Gasteiger charge is 2.33. The summed E-state index contributed by atoms with van der Waals surface area (Å²) in [5.74, 6) is 1.67. The maximum atomic E-state index is 12.1. The number of urea groups is 1. The van der Waals surface area contributed by atoms with Gasteiger partial charge in [-0.3, -0.25) is 0 Å². The fourth-order valence-corrected chi connectivity index (χ4v) is 4.48. The summed E-state index contributed by atoms with van der Waals surface area (Å²) in [5.41, 5.74) is 2.62. The third kappa shape index (κ3) is 4.59. The first-order valence-corrected chi connectivity index (χ1v) is 10.4.